The molecule has 0 saturated carbocycles. The third-order valence-corrected chi connectivity index (χ3v) is 2.75. The quantitative estimate of drug-likeness (QED) is 0.741. The number of hydrogen-bond acceptors (Lipinski definition) is 4. The summed E-state index contributed by atoms with van der Waals surface area (Å²) in [5.74, 6) is 0.620. The van der Waals surface area contributed by atoms with Gasteiger partial charge < -0.3 is 10.1 Å². The Morgan fingerprint density at radius 1 is 1.55 bits per heavy atom. The van der Waals surface area contributed by atoms with Crippen LogP contribution in [0.15, 0.2) is 24.3 Å². The molecule has 6 heteroatoms. The number of benzene rings is 1. The number of carbonyl (C=O) groups is 1. The minimum Gasteiger partial charge on any atom is -0.492 e. The first kappa shape index (κ1) is 16.3. The zero-order valence-electron chi connectivity index (χ0n) is 11.4. The molecule has 108 valence electrons. The van der Waals surface area contributed by atoms with Crippen molar-refractivity contribution in [2.45, 2.75) is 6.42 Å². The summed E-state index contributed by atoms with van der Waals surface area (Å²) in [6, 6.07) is 9.16. The maximum Gasteiger partial charge on any atom is 0.234 e. The van der Waals surface area contributed by atoms with Crippen molar-refractivity contribution in [2.24, 2.45) is 0 Å². The second-order valence-corrected chi connectivity index (χ2v) is 4.74. The van der Waals surface area contributed by atoms with Gasteiger partial charge in [-0.25, -0.2) is 0 Å². The van der Waals surface area contributed by atoms with E-state index in [0.29, 0.717) is 36.9 Å². The van der Waals surface area contributed by atoms with Crippen molar-refractivity contribution >= 4 is 17.5 Å². The van der Waals surface area contributed by atoms with Crippen LogP contribution < -0.4 is 10.1 Å². The lowest BCUT2D eigenvalue weighted by atomic mass is 10.3. The Balaban J connectivity index is 2.18. The fraction of sp³-hybridized carbons (Fsp3) is 0.429. The number of amides is 1. The lowest BCUT2D eigenvalue weighted by Crippen LogP contribution is -2.37. The molecular weight excluding hydrogens is 278 g/mol. The van der Waals surface area contributed by atoms with Crippen molar-refractivity contribution < 1.29 is 9.53 Å². The Bertz CT molecular complexity index is 474. The first-order chi connectivity index (χ1) is 9.61. The van der Waals surface area contributed by atoms with Crippen LogP contribution in [0.25, 0.3) is 0 Å². The van der Waals surface area contributed by atoms with E-state index in [2.05, 4.69) is 5.32 Å². The first-order valence-corrected chi connectivity index (χ1v) is 6.70. The summed E-state index contributed by atoms with van der Waals surface area (Å²) in [5.41, 5.74) is 0. The highest BCUT2D eigenvalue weighted by molar-refractivity contribution is 6.30. The molecule has 0 aromatic heterocycles. The molecule has 1 N–H and O–H groups in total. The van der Waals surface area contributed by atoms with E-state index in [0.717, 1.165) is 0 Å². The number of nitriles is 1. The summed E-state index contributed by atoms with van der Waals surface area (Å²) < 4.78 is 5.54. The van der Waals surface area contributed by atoms with Crippen LogP contribution in [0.3, 0.4) is 0 Å². The number of ether oxygens (including phenoxy) is 1. The number of nitrogens with one attached hydrogen (secondary N) is 1. The van der Waals surface area contributed by atoms with Crippen LogP contribution in [0, 0.1) is 11.3 Å². The van der Waals surface area contributed by atoms with Crippen LogP contribution in [-0.2, 0) is 4.79 Å². The van der Waals surface area contributed by atoms with Gasteiger partial charge in [0.05, 0.1) is 19.0 Å². The molecule has 1 aromatic rings. The minimum absolute atomic E-state index is 0.0921. The predicted octanol–water partition coefficient (Wildman–Crippen LogP) is 1.68. The van der Waals surface area contributed by atoms with E-state index in [-0.39, 0.29) is 12.5 Å². The third-order valence-electron chi connectivity index (χ3n) is 2.51. The second kappa shape index (κ2) is 9.18. The SMILES string of the molecule is CN(CCOc1cccc(Cl)c1)CC(=O)NCCC#N. The molecule has 0 radical (unpaired) electrons. The number of halogens is 1. The smallest absolute Gasteiger partial charge is 0.234 e. The average molecular weight is 296 g/mol. The molecule has 20 heavy (non-hydrogen) atoms. The van der Waals surface area contributed by atoms with Gasteiger partial charge in [0.2, 0.25) is 5.91 Å². The van der Waals surface area contributed by atoms with Gasteiger partial charge >= 0.3 is 0 Å². The van der Waals surface area contributed by atoms with Crippen LogP contribution in [0.4, 0.5) is 0 Å². The fourth-order valence-corrected chi connectivity index (χ4v) is 1.69. The van der Waals surface area contributed by atoms with Crippen LogP contribution in [0.1, 0.15) is 6.42 Å². The zero-order chi connectivity index (χ0) is 14.8. The molecule has 0 aliphatic carbocycles. The van der Waals surface area contributed by atoms with Crippen LogP contribution in [0.5, 0.6) is 5.75 Å². The Morgan fingerprint density at radius 2 is 2.35 bits per heavy atom. The highest BCUT2D eigenvalue weighted by Crippen LogP contribution is 2.16. The van der Waals surface area contributed by atoms with E-state index < -0.39 is 0 Å². The van der Waals surface area contributed by atoms with Gasteiger partial charge in [-0.1, -0.05) is 17.7 Å². The van der Waals surface area contributed by atoms with Gasteiger partial charge in [-0.3, -0.25) is 9.69 Å². The number of likely N-dealkylation sites (N-methyl/N-ethyl adjacent to an activating group) is 1. The van der Waals surface area contributed by atoms with Gasteiger partial charge in [0, 0.05) is 18.1 Å². The summed E-state index contributed by atoms with van der Waals surface area (Å²) >= 11 is 5.85. The van der Waals surface area contributed by atoms with E-state index in [4.69, 9.17) is 21.6 Å². The van der Waals surface area contributed by atoms with Gasteiger partial charge in [0.15, 0.2) is 0 Å². The van der Waals surface area contributed by atoms with Crippen LogP contribution in [-0.4, -0.2) is 44.1 Å². The lowest BCUT2D eigenvalue weighted by molar-refractivity contribution is -0.121. The standard InChI is InChI=1S/C14H18ClN3O2/c1-18(11-14(19)17-7-3-6-16)8-9-20-13-5-2-4-12(15)10-13/h2,4-5,10H,3,7-9,11H2,1H3,(H,17,19). The molecule has 0 unspecified atom stereocenters. The molecule has 1 amide bonds. The molecule has 0 aliphatic rings. The maximum absolute atomic E-state index is 11.5. The van der Waals surface area contributed by atoms with E-state index in [1.807, 2.05) is 30.1 Å². The van der Waals surface area contributed by atoms with Crippen molar-refractivity contribution in [1.29, 1.82) is 5.26 Å². The van der Waals surface area contributed by atoms with E-state index in [1.54, 1.807) is 12.1 Å². The van der Waals surface area contributed by atoms with Crippen molar-refractivity contribution in [3.8, 4) is 11.8 Å². The molecule has 0 heterocycles. The van der Waals surface area contributed by atoms with E-state index in [1.165, 1.54) is 0 Å². The normalized spacial score (nSPS) is 10.1. The average Bonchev–Trinajstić information content (AvgIpc) is 2.39. The van der Waals surface area contributed by atoms with Gasteiger partial charge in [-0.15, -0.1) is 0 Å². The minimum atomic E-state index is -0.0921. The van der Waals surface area contributed by atoms with Crippen molar-refractivity contribution in [1.82, 2.24) is 10.2 Å². The Hall–Kier alpha value is -1.77. The largest absolute Gasteiger partial charge is 0.492 e. The number of hydrogen-bond donors (Lipinski definition) is 1. The molecule has 1 rings (SSSR count). The molecule has 0 fully saturated rings. The van der Waals surface area contributed by atoms with E-state index in [9.17, 15) is 4.79 Å². The lowest BCUT2D eigenvalue weighted by Gasteiger charge is -2.16. The highest BCUT2D eigenvalue weighted by atomic mass is 35.5. The molecule has 0 atom stereocenters. The molecular formula is C14H18ClN3O2. The molecule has 0 saturated heterocycles. The summed E-state index contributed by atoms with van der Waals surface area (Å²) in [5, 5.41) is 11.7. The molecule has 5 nitrogen and oxygen atoms in total. The molecule has 0 bridgehead atoms. The topological polar surface area (TPSA) is 65.4 Å². The Labute approximate surface area is 124 Å². The summed E-state index contributed by atoms with van der Waals surface area (Å²) in [7, 11) is 1.84. The van der Waals surface area contributed by atoms with Gasteiger partial charge in [0.25, 0.3) is 0 Å². The molecule has 0 spiro atoms. The van der Waals surface area contributed by atoms with Crippen molar-refractivity contribution in [3.05, 3.63) is 29.3 Å². The van der Waals surface area contributed by atoms with Crippen LogP contribution >= 0.6 is 11.6 Å². The maximum atomic E-state index is 11.5. The summed E-state index contributed by atoms with van der Waals surface area (Å²) in [6.07, 6.45) is 0.327. The molecule has 0 aliphatic heterocycles. The summed E-state index contributed by atoms with van der Waals surface area (Å²) in [6.45, 7) is 1.77. The van der Waals surface area contributed by atoms with Crippen molar-refractivity contribution in [2.75, 3.05) is 33.3 Å². The zero-order valence-corrected chi connectivity index (χ0v) is 12.2. The van der Waals surface area contributed by atoms with Crippen LogP contribution in [0.2, 0.25) is 5.02 Å². The Kier molecular flexibility index (Phi) is 7.48. The monoisotopic (exact) mass is 295 g/mol. The second-order valence-electron chi connectivity index (χ2n) is 4.30. The van der Waals surface area contributed by atoms with Gasteiger partial charge in [-0.05, 0) is 25.2 Å². The van der Waals surface area contributed by atoms with Crippen molar-refractivity contribution in [3.63, 3.8) is 0 Å². The summed E-state index contributed by atoms with van der Waals surface area (Å²) in [4.78, 5) is 13.3. The predicted molar refractivity (Wildman–Crippen MR) is 77.7 cm³/mol. The highest BCUT2D eigenvalue weighted by Gasteiger charge is 2.06. The molecule has 1 aromatic carbocycles. The number of rotatable bonds is 8. The van der Waals surface area contributed by atoms with E-state index >= 15 is 0 Å². The van der Waals surface area contributed by atoms with Gasteiger partial charge in [-0.2, -0.15) is 5.26 Å². The van der Waals surface area contributed by atoms with Gasteiger partial charge in [0.1, 0.15) is 12.4 Å². The Morgan fingerprint density at radius 3 is 3.05 bits per heavy atom. The number of nitrogens with zero attached hydrogens (tertiary/aromatic N) is 2. The third kappa shape index (κ3) is 6.98. The first-order valence-electron chi connectivity index (χ1n) is 6.32. The fourth-order valence-electron chi connectivity index (χ4n) is 1.51. The number of carbonyl (C=O) groups excluding carboxylic acids is 1.